The van der Waals surface area contributed by atoms with Crippen LogP contribution in [-0.4, -0.2) is 31.6 Å². The molecule has 0 saturated heterocycles. The molecule has 0 unspecified atom stereocenters. The first-order valence-corrected chi connectivity index (χ1v) is 9.03. The quantitative estimate of drug-likeness (QED) is 0.369. The molecule has 27 heavy (non-hydrogen) atoms. The van der Waals surface area contributed by atoms with Crippen LogP contribution in [-0.2, 0) is 18.5 Å². The van der Waals surface area contributed by atoms with Crippen molar-refractivity contribution in [3.8, 4) is 0 Å². The summed E-state index contributed by atoms with van der Waals surface area (Å²) in [5, 5.41) is 6.54. The van der Waals surface area contributed by atoms with Gasteiger partial charge in [0.15, 0.2) is 5.96 Å². The standard InChI is InChI=1S/C20H31N5O.HI/c1-7-21-19(23-12-15-9-8-10-16(11-15)25(5)6)24-14-18-22-13-17(26-18)20(2,3)4;/h8-11,13H,7,12,14H2,1-6H3,(H2,21,23,24);1H. The zero-order valence-corrected chi connectivity index (χ0v) is 19.5. The number of aliphatic imine (C=N–C) groups is 1. The van der Waals surface area contributed by atoms with Crippen molar-refractivity contribution in [3.63, 3.8) is 0 Å². The number of nitrogens with zero attached hydrogens (tertiary/aromatic N) is 3. The Bertz CT molecular complexity index is 734. The molecule has 150 valence electrons. The summed E-state index contributed by atoms with van der Waals surface area (Å²) in [5.74, 6) is 2.30. The average Bonchev–Trinajstić information content (AvgIpc) is 3.07. The second-order valence-electron chi connectivity index (χ2n) is 7.48. The van der Waals surface area contributed by atoms with Crippen molar-refractivity contribution in [2.45, 2.75) is 46.2 Å². The minimum absolute atomic E-state index is 0. The Morgan fingerprint density at radius 2 is 1.96 bits per heavy atom. The molecule has 2 N–H and O–H groups in total. The van der Waals surface area contributed by atoms with E-state index in [4.69, 9.17) is 4.42 Å². The molecule has 0 fully saturated rings. The van der Waals surface area contributed by atoms with Gasteiger partial charge in [-0.05, 0) is 24.6 Å². The van der Waals surface area contributed by atoms with Gasteiger partial charge in [0.25, 0.3) is 0 Å². The minimum atomic E-state index is -0.0404. The third-order valence-corrected chi connectivity index (χ3v) is 3.89. The average molecular weight is 485 g/mol. The number of nitrogens with one attached hydrogen (secondary N) is 2. The van der Waals surface area contributed by atoms with Gasteiger partial charge in [-0.1, -0.05) is 32.9 Å². The van der Waals surface area contributed by atoms with E-state index in [-0.39, 0.29) is 29.4 Å². The van der Waals surface area contributed by atoms with E-state index >= 15 is 0 Å². The molecular formula is C20H32IN5O. The fourth-order valence-corrected chi connectivity index (χ4v) is 2.34. The summed E-state index contributed by atoms with van der Waals surface area (Å²) < 4.78 is 5.82. The predicted molar refractivity (Wildman–Crippen MR) is 123 cm³/mol. The minimum Gasteiger partial charge on any atom is -0.443 e. The molecule has 0 amide bonds. The van der Waals surface area contributed by atoms with E-state index in [1.807, 2.05) is 21.0 Å². The molecule has 7 heteroatoms. The maximum Gasteiger partial charge on any atom is 0.213 e. The molecule has 0 atom stereocenters. The summed E-state index contributed by atoms with van der Waals surface area (Å²) in [6.45, 7) is 10.3. The Morgan fingerprint density at radius 1 is 1.22 bits per heavy atom. The van der Waals surface area contributed by atoms with E-state index in [9.17, 15) is 0 Å². The normalized spacial score (nSPS) is 11.7. The van der Waals surface area contributed by atoms with Crippen LogP contribution in [0.3, 0.4) is 0 Å². The molecule has 0 saturated carbocycles. The van der Waals surface area contributed by atoms with Crippen molar-refractivity contribution >= 4 is 35.6 Å². The zero-order chi connectivity index (χ0) is 19.2. The topological polar surface area (TPSA) is 65.7 Å². The van der Waals surface area contributed by atoms with Gasteiger partial charge >= 0.3 is 0 Å². The van der Waals surface area contributed by atoms with E-state index in [0.29, 0.717) is 19.0 Å². The molecule has 1 heterocycles. The second-order valence-corrected chi connectivity index (χ2v) is 7.48. The van der Waals surface area contributed by atoms with E-state index < -0.39 is 0 Å². The molecule has 0 aliphatic carbocycles. The number of aromatic nitrogens is 1. The van der Waals surface area contributed by atoms with Crippen LogP contribution >= 0.6 is 24.0 Å². The lowest BCUT2D eigenvalue weighted by molar-refractivity contribution is 0.379. The van der Waals surface area contributed by atoms with Gasteiger partial charge in [-0.2, -0.15) is 0 Å². The van der Waals surface area contributed by atoms with Gasteiger partial charge < -0.3 is 20.0 Å². The highest BCUT2D eigenvalue weighted by Gasteiger charge is 2.19. The van der Waals surface area contributed by atoms with Crippen LogP contribution in [0.4, 0.5) is 5.69 Å². The third kappa shape index (κ3) is 7.40. The molecule has 0 spiro atoms. The Kier molecular flexibility index (Phi) is 9.08. The fourth-order valence-electron chi connectivity index (χ4n) is 2.34. The van der Waals surface area contributed by atoms with Crippen LogP contribution in [0.25, 0.3) is 0 Å². The number of guanidine groups is 1. The lowest BCUT2D eigenvalue weighted by atomic mass is 9.94. The number of halogens is 1. The first-order valence-electron chi connectivity index (χ1n) is 9.03. The first kappa shape index (κ1) is 23.3. The van der Waals surface area contributed by atoms with Gasteiger partial charge in [0.2, 0.25) is 5.89 Å². The number of hydrogen-bond acceptors (Lipinski definition) is 4. The molecule has 2 aromatic rings. The summed E-state index contributed by atoms with van der Waals surface area (Å²) in [5.41, 5.74) is 2.30. The molecule has 0 bridgehead atoms. The summed E-state index contributed by atoms with van der Waals surface area (Å²) in [6, 6.07) is 8.38. The van der Waals surface area contributed by atoms with Crippen molar-refractivity contribution < 1.29 is 4.42 Å². The Hall–Kier alpha value is -1.77. The number of rotatable bonds is 6. The van der Waals surface area contributed by atoms with E-state index in [0.717, 1.165) is 18.3 Å². The lowest BCUT2D eigenvalue weighted by Gasteiger charge is -2.14. The highest BCUT2D eigenvalue weighted by molar-refractivity contribution is 14.0. The van der Waals surface area contributed by atoms with Crippen molar-refractivity contribution in [1.82, 2.24) is 15.6 Å². The van der Waals surface area contributed by atoms with Gasteiger partial charge in [0, 0.05) is 31.7 Å². The maximum atomic E-state index is 5.82. The predicted octanol–water partition coefficient (Wildman–Crippen LogP) is 3.91. The van der Waals surface area contributed by atoms with Gasteiger partial charge in [0.05, 0.1) is 19.3 Å². The Labute approximate surface area is 179 Å². The number of benzene rings is 1. The smallest absolute Gasteiger partial charge is 0.213 e. The largest absolute Gasteiger partial charge is 0.443 e. The molecular weight excluding hydrogens is 453 g/mol. The summed E-state index contributed by atoms with van der Waals surface area (Å²) in [6.07, 6.45) is 1.80. The van der Waals surface area contributed by atoms with Gasteiger partial charge in [-0.25, -0.2) is 9.98 Å². The Morgan fingerprint density at radius 3 is 2.56 bits per heavy atom. The van der Waals surface area contributed by atoms with Crippen LogP contribution in [0, 0.1) is 0 Å². The summed E-state index contributed by atoms with van der Waals surface area (Å²) >= 11 is 0. The highest BCUT2D eigenvalue weighted by atomic mass is 127. The number of oxazole rings is 1. The van der Waals surface area contributed by atoms with Crippen molar-refractivity contribution in [1.29, 1.82) is 0 Å². The van der Waals surface area contributed by atoms with Gasteiger partial charge in [-0.15, -0.1) is 24.0 Å². The number of hydrogen-bond donors (Lipinski definition) is 2. The van der Waals surface area contributed by atoms with Crippen molar-refractivity contribution in [2.24, 2.45) is 4.99 Å². The van der Waals surface area contributed by atoms with E-state index in [2.05, 4.69) is 70.5 Å². The molecule has 0 aliphatic rings. The molecule has 2 rings (SSSR count). The van der Waals surface area contributed by atoms with Gasteiger partial charge in [-0.3, -0.25) is 0 Å². The first-order chi connectivity index (χ1) is 12.3. The Balaban J connectivity index is 0.00000364. The van der Waals surface area contributed by atoms with Crippen LogP contribution in [0.2, 0.25) is 0 Å². The van der Waals surface area contributed by atoms with Crippen molar-refractivity contribution in [2.75, 3.05) is 25.5 Å². The van der Waals surface area contributed by atoms with E-state index in [1.165, 1.54) is 11.3 Å². The zero-order valence-electron chi connectivity index (χ0n) is 17.2. The maximum absolute atomic E-state index is 5.82. The molecule has 6 nitrogen and oxygen atoms in total. The van der Waals surface area contributed by atoms with Crippen LogP contribution in [0.5, 0.6) is 0 Å². The molecule has 0 radical (unpaired) electrons. The lowest BCUT2D eigenvalue weighted by Crippen LogP contribution is -2.36. The molecule has 0 aliphatic heterocycles. The third-order valence-electron chi connectivity index (χ3n) is 3.89. The SMILES string of the molecule is CCNC(=NCc1cccc(N(C)C)c1)NCc1ncc(C(C)(C)C)o1.I. The van der Waals surface area contributed by atoms with Crippen LogP contribution in [0.15, 0.2) is 39.9 Å². The highest BCUT2D eigenvalue weighted by Crippen LogP contribution is 2.22. The number of anilines is 1. The second kappa shape index (κ2) is 10.5. The molecule has 1 aromatic carbocycles. The van der Waals surface area contributed by atoms with E-state index in [1.54, 1.807) is 6.20 Å². The van der Waals surface area contributed by atoms with Gasteiger partial charge in [0.1, 0.15) is 5.76 Å². The van der Waals surface area contributed by atoms with Crippen molar-refractivity contribution in [3.05, 3.63) is 47.7 Å². The fraction of sp³-hybridized carbons (Fsp3) is 0.500. The molecule has 1 aromatic heterocycles. The summed E-state index contributed by atoms with van der Waals surface area (Å²) in [7, 11) is 4.08. The monoisotopic (exact) mass is 485 g/mol. The van der Waals surface area contributed by atoms with Crippen LogP contribution < -0.4 is 15.5 Å². The summed E-state index contributed by atoms with van der Waals surface area (Å²) in [4.78, 5) is 11.1. The van der Waals surface area contributed by atoms with Crippen LogP contribution in [0.1, 0.15) is 44.9 Å².